The van der Waals surface area contributed by atoms with E-state index in [1.54, 1.807) is 0 Å². The molecule has 0 bridgehead atoms. The minimum absolute atomic E-state index is 0.524. The number of para-hydroxylation sites is 1. The average molecular weight is 294 g/mol. The first-order chi connectivity index (χ1) is 10.8. The molecular weight excluding hydrogens is 276 g/mol. The van der Waals surface area contributed by atoms with Crippen LogP contribution in [0, 0.1) is 6.92 Å². The Morgan fingerprint density at radius 2 is 1.68 bits per heavy atom. The SMILES string of the molecule is Cc1oc(-c2ccccc2)nc1CCONc1ccccc1. The first-order valence-corrected chi connectivity index (χ1v) is 7.27. The molecule has 2 aromatic carbocycles. The Kier molecular flexibility index (Phi) is 4.51. The van der Waals surface area contributed by atoms with Crippen molar-refractivity contribution in [3.63, 3.8) is 0 Å². The number of nitrogens with one attached hydrogen (secondary N) is 1. The van der Waals surface area contributed by atoms with Gasteiger partial charge >= 0.3 is 0 Å². The maximum Gasteiger partial charge on any atom is 0.226 e. The van der Waals surface area contributed by atoms with Crippen LogP contribution in [0.2, 0.25) is 0 Å². The van der Waals surface area contributed by atoms with E-state index >= 15 is 0 Å². The van der Waals surface area contributed by atoms with E-state index in [4.69, 9.17) is 9.25 Å². The van der Waals surface area contributed by atoms with Gasteiger partial charge in [0.1, 0.15) is 5.76 Å². The van der Waals surface area contributed by atoms with Crippen LogP contribution in [0.4, 0.5) is 5.69 Å². The van der Waals surface area contributed by atoms with Gasteiger partial charge in [0.15, 0.2) is 0 Å². The Morgan fingerprint density at radius 3 is 2.41 bits per heavy atom. The van der Waals surface area contributed by atoms with E-state index in [2.05, 4.69) is 10.5 Å². The number of benzene rings is 2. The monoisotopic (exact) mass is 294 g/mol. The number of aryl methyl sites for hydroxylation is 1. The molecule has 0 spiro atoms. The molecular formula is C18H18N2O2. The third-order valence-corrected chi connectivity index (χ3v) is 3.32. The second-order valence-electron chi connectivity index (χ2n) is 4.95. The molecule has 0 saturated carbocycles. The minimum atomic E-state index is 0.524. The number of rotatable bonds is 6. The fraction of sp³-hybridized carbons (Fsp3) is 0.167. The lowest BCUT2D eigenvalue weighted by atomic mass is 10.2. The summed E-state index contributed by atoms with van der Waals surface area (Å²) in [5, 5.41) is 0. The van der Waals surface area contributed by atoms with E-state index in [0.29, 0.717) is 18.9 Å². The van der Waals surface area contributed by atoms with Gasteiger partial charge in [0.2, 0.25) is 5.89 Å². The number of hydrogen-bond donors (Lipinski definition) is 1. The molecule has 0 radical (unpaired) electrons. The normalized spacial score (nSPS) is 10.6. The van der Waals surface area contributed by atoms with Gasteiger partial charge in [-0.2, -0.15) is 0 Å². The summed E-state index contributed by atoms with van der Waals surface area (Å²) in [4.78, 5) is 10.0. The van der Waals surface area contributed by atoms with Crippen LogP contribution in [0.25, 0.3) is 11.5 Å². The van der Waals surface area contributed by atoms with E-state index in [1.165, 1.54) is 0 Å². The van der Waals surface area contributed by atoms with Crippen LogP contribution in [0.5, 0.6) is 0 Å². The molecule has 3 aromatic rings. The lowest BCUT2D eigenvalue weighted by molar-refractivity contribution is 0.196. The zero-order valence-corrected chi connectivity index (χ0v) is 12.5. The summed E-state index contributed by atoms with van der Waals surface area (Å²) < 4.78 is 5.73. The molecule has 1 N–H and O–H groups in total. The minimum Gasteiger partial charge on any atom is -0.441 e. The Labute approximate surface area is 129 Å². The van der Waals surface area contributed by atoms with Gasteiger partial charge in [-0.05, 0) is 31.2 Å². The van der Waals surface area contributed by atoms with Gasteiger partial charge in [-0.1, -0.05) is 36.4 Å². The third kappa shape index (κ3) is 3.54. The Hall–Kier alpha value is -2.59. The Balaban J connectivity index is 1.56. The van der Waals surface area contributed by atoms with Crippen molar-refractivity contribution in [2.45, 2.75) is 13.3 Å². The van der Waals surface area contributed by atoms with Crippen molar-refractivity contribution in [1.82, 2.24) is 4.98 Å². The van der Waals surface area contributed by atoms with Gasteiger partial charge in [0, 0.05) is 12.0 Å². The van der Waals surface area contributed by atoms with Crippen molar-refractivity contribution in [2.75, 3.05) is 12.1 Å². The molecule has 0 atom stereocenters. The molecule has 0 aliphatic rings. The molecule has 112 valence electrons. The smallest absolute Gasteiger partial charge is 0.226 e. The summed E-state index contributed by atoms with van der Waals surface area (Å²) >= 11 is 0. The Morgan fingerprint density at radius 1 is 1.00 bits per heavy atom. The van der Waals surface area contributed by atoms with Gasteiger partial charge in [-0.3, -0.25) is 10.3 Å². The molecule has 3 rings (SSSR count). The van der Waals surface area contributed by atoms with Gasteiger partial charge in [-0.25, -0.2) is 4.98 Å². The quantitative estimate of drug-likeness (QED) is 0.546. The second kappa shape index (κ2) is 6.91. The van der Waals surface area contributed by atoms with Gasteiger partial charge < -0.3 is 4.42 Å². The Bertz CT molecular complexity index is 708. The van der Waals surface area contributed by atoms with Crippen molar-refractivity contribution < 1.29 is 9.25 Å². The summed E-state index contributed by atoms with van der Waals surface area (Å²) in [5.74, 6) is 1.49. The van der Waals surface area contributed by atoms with Crippen LogP contribution in [-0.2, 0) is 11.3 Å². The zero-order chi connectivity index (χ0) is 15.2. The van der Waals surface area contributed by atoms with Crippen molar-refractivity contribution in [2.24, 2.45) is 0 Å². The fourth-order valence-electron chi connectivity index (χ4n) is 2.15. The largest absolute Gasteiger partial charge is 0.441 e. The molecule has 0 aliphatic heterocycles. The van der Waals surface area contributed by atoms with Crippen LogP contribution in [-0.4, -0.2) is 11.6 Å². The number of nitrogens with zero attached hydrogens (tertiary/aromatic N) is 1. The van der Waals surface area contributed by atoms with E-state index in [0.717, 1.165) is 22.7 Å². The molecule has 4 nitrogen and oxygen atoms in total. The first kappa shape index (κ1) is 14.4. The predicted octanol–water partition coefficient (Wildman–Crippen LogP) is 4.24. The maximum atomic E-state index is 5.73. The molecule has 0 aliphatic carbocycles. The second-order valence-corrected chi connectivity index (χ2v) is 4.95. The highest BCUT2D eigenvalue weighted by Gasteiger charge is 2.10. The topological polar surface area (TPSA) is 47.3 Å². The molecule has 22 heavy (non-hydrogen) atoms. The van der Waals surface area contributed by atoms with E-state index in [1.807, 2.05) is 67.6 Å². The van der Waals surface area contributed by atoms with Crippen molar-refractivity contribution >= 4 is 5.69 Å². The van der Waals surface area contributed by atoms with E-state index < -0.39 is 0 Å². The lowest BCUT2D eigenvalue weighted by Gasteiger charge is -2.05. The van der Waals surface area contributed by atoms with Crippen LogP contribution in [0.1, 0.15) is 11.5 Å². The van der Waals surface area contributed by atoms with E-state index in [-0.39, 0.29) is 0 Å². The molecule has 0 saturated heterocycles. The molecule has 4 heteroatoms. The third-order valence-electron chi connectivity index (χ3n) is 3.32. The highest BCUT2D eigenvalue weighted by molar-refractivity contribution is 5.53. The lowest BCUT2D eigenvalue weighted by Crippen LogP contribution is -2.06. The molecule has 1 aromatic heterocycles. The van der Waals surface area contributed by atoms with Crippen molar-refractivity contribution in [3.8, 4) is 11.5 Å². The van der Waals surface area contributed by atoms with Gasteiger partial charge in [0.05, 0.1) is 18.0 Å². The van der Waals surface area contributed by atoms with Gasteiger partial charge in [-0.15, -0.1) is 0 Å². The zero-order valence-electron chi connectivity index (χ0n) is 12.5. The molecule has 0 amide bonds. The highest BCUT2D eigenvalue weighted by atomic mass is 16.6. The summed E-state index contributed by atoms with van der Waals surface area (Å²) in [6.45, 7) is 2.45. The van der Waals surface area contributed by atoms with Crippen LogP contribution in [0.15, 0.2) is 65.1 Å². The number of anilines is 1. The summed E-state index contributed by atoms with van der Waals surface area (Å²) in [6, 6.07) is 19.7. The van der Waals surface area contributed by atoms with Gasteiger partial charge in [0.25, 0.3) is 0 Å². The van der Waals surface area contributed by atoms with Crippen LogP contribution < -0.4 is 5.48 Å². The number of hydrogen-bond acceptors (Lipinski definition) is 4. The predicted molar refractivity (Wildman–Crippen MR) is 86.4 cm³/mol. The molecule has 0 fully saturated rings. The molecule has 1 heterocycles. The van der Waals surface area contributed by atoms with Crippen LogP contribution >= 0.6 is 0 Å². The summed E-state index contributed by atoms with van der Waals surface area (Å²) in [5.41, 5.74) is 5.76. The maximum absolute atomic E-state index is 5.73. The van der Waals surface area contributed by atoms with E-state index in [9.17, 15) is 0 Å². The average Bonchev–Trinajstić information content (AvgIpc) is 2.94. The summed E-state index contributed by atoms with van der Waals surface area (Å²) in [6.07, 6.45) is 0.696. The number of aromatic nitrogens is 1. The number of oxazole rings is 1. The van der Waals surface area contributed by atoms with Crippen molar-refractivity contribution in [3.05, 3.63) is 72.1 Å². The fourth-order valence-corrected chi connectivity index (χ4v) is 2.15. The summed E-state index contributed by atoms with van der Waals surface area (Å²) in [7, 11) is 0. The van der Waals surface area contributed by atoms with Crippen LogP contribution in [0.3, 0.4) is 0 Å². The highest BCUT2D eigenvalue weighted by Crippen LogP contribution is 2.21. The standard InChI is InChI=1S/C18H18N2O2/c1-14-17(12-13-21-20-16-10-6-3-7-11-16)19-18(22-14)15-8-4-2-5-9-15/h2-11,20H,12-13H2,1H3. The molecule has 0 unspecified atom stereocenters. The first-order valence-electron chi connectivity index (χ1n) is 7.27. The van der Waals surface area contributed by atoms with Crippen molar-refractivity contribution in [1.29, 1.82) is 0 Å².